The molecule has 3 aromatic rings. The maximum Gasteiger partial charge on any atom is 0.253 e. The summed E-state index contributed by atoms with van der Waals surface area (Å²) in [4.78, 5) is 33.5. The third-order valence-corrected chi connectivity index (χ3v) is 7.44. The first-order valence-corrected chi connectivity index (χ1v) is 12.7. The fraction of sp³-hybridized carbons (Fsp3) is 0.480. The van der Waals surface area contributed by atoms with Gasteiger partial charge in [0.15, 0.2) is 5.82 Å². The Hall–Kier alpha value is -3.04. The van der Waals surface area contributed by atoms with E-state index in [1.165, 1.54) is 6.33 Å². The first-order valence-electron chi connectivity index (χ1n) is 12.3. The summed E-state index contributed by atoms with van der Waals surface area (Å²) in [5.41, 5.74) is 2.31. The number of halogens is 1. The lowest BCUT2D eigenvalue weighted by atomic mass is 9.97. The number of aromatic amines is 1. The number of piperazine rings is 1. The van der Waals surface area contributed by atoms with Gasteiger partial charge in [0.2, 0.25) is 0 Å². The molecule has 9 nitrogen and oxygen atoms in total. The molecule has 10 heteroatoms. The number of amides is 1. The van der Waals surface area contributed by atoms with Crippen LogP contribution in [0.4, 0.5) is 5.82 Å². The number of H-pyrrole nitrogens is 1. The van der Waals surface area contributed by atoms with E-state index in [0.717, 1.165) is 63.5 Å². The molecule has 1 N–H and O–H groups in total. The molecule has 0 bridgehead atoms. The molecule has 35 heavy (non-hydrogen) atoms. The van der Waals surface area contributed by atoms with Gasteiger partial charge >= 0.3 is 0 Å². The smallest absolute Gasteiger partial charge is 0.253 e. The second-order valence-electron chi connectivity index (χ2n) is 9.27. The van der Waals surface area contributed by atoms with Gasteiger partial charge in [-0.15, -0.1) is 0 Å². The summed E-state index contributed by atoms with van der Waals surface area (Å²) < 4.78 is 0. The molecular formula is C25H31ClN8O. The first-order chi connectivity index (χ1) is 17.0. The number of carbonyl (C=O) groups excluding carboxylic acids is 1. The summed E-state index contributed by atoms with van der Waals surface area (Å²) in [6.07, 6.45) is 6.32. The van der Waals surface area contributed by atoms with Crippen LogP contribution in [0.5, 0.6) is 0 Å². The number of aromatic nitrogens is 5. The molecule has 0 saturated carbocycles. The maximum atomic E-state index is 12.9. The predicted molar refractivity (Wildman–Crippen MR) is 136 cm³/mol. The molecule has 0 aliphatic carbocycles. The Kier molecular flexibility index (Phi) is 6.97. The number of rotatable bonds is 5. The SMILES string of the molecule is CC[C@H]1CN(c2ncc(-c3ncn[nH]3)nc2C)CCN1C1CCN(C(=O)c2ccc(Cl)cc2)CC1. The van der Waals surface area contributed by atoms with Gasteiger partial charge in [-0.2, -0.15) is 5.10 Å². The first kappa shape index (κ1) is 23.7. The fourth-order valence-electron chi connectivity index (χ4n) is 5.31. The van der Waals surface area contributed by atoms with Gasteiger partial charge in [0.25, 0.3) is 5.91 Å². The minimum atomic E-state index is 0.0970. The van der Waals surface area contributed by atoms with Crippen molar-refractivity contribution in [3.05, 3.63) is 53.1 Å². The van der Waals surface area contributed by atoms with E-state index in [1.54, 1.807) is 18.3 Å². The zero-order chi connectivity index (χ0) is 24.4. The summed E-state index contributed by atoms with van der Waals surface area (Å²) in [7, 11) is 0. The Morgan fingerprint density at radius 1 is 1.11 bits per heavy atom. The molecular weight excluding hydrogens is 464 g/mol. The largest absolute Gasteiger partial charge is 0.352 e. The molecule has 2 saturated heterocycles. The molecule has 0 spiro atoms. The Morgan fingerprint density at radius 2 is 1.89 bits per heavy atom. The van der Waals surface area contributed by atoms with Crippen LogP contribution >= 0.6 is 11.6 Å². The van der Waals surface area contributed by atoms with Crippen molar-refractivity contribution in [2.24, 2.45) is 0 Å². The number of hydrogen-bond donors (Lipinski definition) is 1. The molecule has 1 amide bonds. The van der Waals surface area contributed by atoms with Crippen molar-refractivity contribution in [2.75, 3.05) is 37.6 Å². The van der Waals surface area contributed by atoms with Crippen LogP contribution in [0.3, 0.4) is 0 Å². The number of benzene rings is 1. The molecule has 4 heterocycles. The molecule has 1 aromatic carbocycles. The van der Waals surface area contributed by atoms with E-state index in [4.69, 9.17) is 21.6 Å². The van der Waals surface area contributed by atoms with Crippen LogP contribution in [0.25, 0.3) is 11.5 Å². The van der Waals surface area contributed by atoms with Crippen LogP contribution in [-0.2, 0) is 0 Å². The minimum Gasteiger partial charge on any atom is -0.352 e. The van der Waals surface area contributed by atoms with Gasteiger partial charge in [-0.25, -0.2) is 15.0 Å². The Balaban J connectivity index is 1.20. The van der Waals surface area contributed by atoms with Gasteiger partial charge in [-0.3, -0.25) is 14.8 Å². The second-order valence-corrected chi connectivity index (χ2v) is 9.71. The van der Waals surface area contributed by atoms with E-state index in [1.807, 2.05) is 24.0 Å². The van der Waals surface area contributed by atoms with Crippen LogP contribution in [0.2, 0.25) is 5.02 Å². The number of aryl methyl sites for hydroxylation is 1. The van der Waals surface area contributed by atoms with Crippen molar-refractivity contribution in [3.8, 4) is 11.5 Å². The third-order valence-electron chi connectivity index (χ3n) is 7.19. The summed E-state index contributed by atoms with van der Waals surface area (Å²) in [5.74, 6) is 1.67. The molecule has 2 fully saturated rings. The van der Waals surface area contributed by atoms with Crippen LogP contribution in [0.15, 0.2) is 36.8 Å². The summed E-state index contributed by atoms with van der Waals surface area (Å²) in [6.45, 7) is 8.66. The van der Waals surface area contributed by atoms with E-state index in [0.29, 0.717) is 34.2 Å². The van der Waals surface area contributed by atoms with Crippen molar-refractivity contribution < 1.29 is 4.79 Å². The second kappa shape index (κ2) is 10.3. The van der Waals surface area contributed by atoms with Gasteiger partial charge in [0.1, 0.15) is 17.8 Å². The van der Waals surface area contributed by atoms with Crippen molar-refractivity contribution in [1.29, 1.82) is 0 Å². The zero-order valence-electron chi connectivity index (χ0n) is 20.2. The fourth-order valence-corrected chi connectivity index (χ4v) is 5.44. The topological polar surface area (TPSA) is 94.1 Å². The van der Waals surface area contributed by atoms with E-state index in [-0.39, 0.29) is 5.91 Å². The lowest BCUT2D eigenvalue weighted by Crippen LogP contribution is -2.58. The number of nitrogens with one attached hydrogen (secondary N) is 1. The summed E-state index contributed by atoms with van der Waals surface area (Å²) in [5, 5.41) is 7.40. The Morgan fingerprint density at radius 3 is 2.54 bits per heavy atom. The van der Waals surface area contributed by atoms with Crippen molar-refractivity contribution in [1.82, 2.24) is 34.9 Å². The Bertz CT molecular complexity index is 1140. The molecule has 0 unspecified atom stereocenters. The normalized spacial score (nSPS) is 19.8. The molecule has 1 atom stereocenters. The van der Waals surface area contributed by atoms with Gasteiger partial charge in [-0.05, 0) is 50.5 Å². The van der Waals surface area contributed by atoms with Gasteiger partial charge in [0, 0.05) is 55.4 Å². The lowest BCUT2D eigenvalue weighted by molar-refractivity contribution is 0.0490. The van der Waals surface area contributed by atoms with E-state index in [2.05, 4.69) is 31.9 Å². The summed E-state index contributed by atoms with van der Waals surface area (Å²) >= 11 is 5.97. The van der Waals surface area contributed by atoms with E-state index >= 15 is 0 Å². The minimum absolute atomic E-state index is 0.0970. The van der Waals surface area contributed by atoms with Gasteiger partial charge < -0.3 is 9.80 Å². The van der Waals surface area contributed by atoms with Gasteiger partial charge in [-0.1, -0.05) is 18.5 Å². The van der Waals surface area contributed by atoms with Crippen molar-refractivity contribution in [3.63, 3.8) is 0 Å². The lowest BCUT2D eigenvalue weighted by Gasteiger charge is -2.47. The highest BCUT2D eigenvalue weighted by Crippen LogP contribution is 2.27. The van der Waals surface area contributed by atoms with Crippen LogP contribution < -0.4 is 4.90 Å². The number of nitrogens with zero attached hydrogens (tertiary/aromatic N) is 7. The predicted octanol–water partition coefficient (Wildman–Crippen LogP) is 3.43. The van der Waals surface area contributed by atoms with Crippen LogP contribution in [0, 0.1) is 6.92 Å². The monoisotopic (exact) mass is 494 g/mol. The number of carbonyl (C=O) groups is 1. The van der Waals surface area contributed by atoms with E-state index in [9.17, 15) is 4.79 Å². The summed E-state index contributed by atoms with van der Waals surface area (Å²) in [6, 6.07) is 8.12. The quantitative estimate of drug-likeness (QED) is 0.580. The highest BCUT2D eigenvalue weighted by Gasteiger charge is 2.34. The number of piperidine rings is 1. The Labute approximate surface area is 210 Å². The highest BCUT2D eigenvalue weighted by atomic mass is 35.5. The maximum absolute atomic E-state index is 12.9. The average molecular weight is 495 g/mol. The molecule has 5 rings (SSSR count). The van der Waals surface area contributed by atoms with Crippen molar-refractivity contribution in [2.45, 2.75) is 45.2 Å². The zero-order valence-corrected chi connectivity index (χ0v) is 20.9. The van der Waals surface area contributed by atoms with Gasteiger partial charge in [0.05, 0.1) is 11.9 Å². The third kappa shape index (κ3) is 5.01. The van der Waals surface area contributed by atoms with Crippen LogP contribution in [-0.4, -0.2) is 85.7 Å². The van der Waals surface area contributed by atoms with E-state index < -0.39 is 0 Å². The molecule has 0 radical (unpaired) electrons. The molecule has 2 aliphatic heterocycles. The standard InChI is InChI=1S/C25H31ClN8O/c1-3-20-15-33(24-17(2)30-22(14-27-24)23-28-16-29-31-23)12-13-34(20)21-8-10-32(11-9-21)25(35)18-4-6-19(26)7-5-18/h4-7,14,16,20-21H,3,8-13,15H2,1-2H3,(H,28,29,31)/t20-/m0/s1. The molecule has 2 aliphatic rings. The highest BCUT2D eigenvalue weighted by molar-refractivity contribution is 6.30. The molecule has 184 valence electrons. The number of hydrogen-bond acceptors (Lipinski definition) is 7. The van der Waals surface area contributed by atoms with Crippen LogP contribution in [0.1, 0.15) is 42.2 Å². The molecule has 2 aromatic heterocycles. The number of anilines is 1. The number of likely N-dealkylation sites (tertiary alicyclic amines) is 1. The van der Waals surface area contributed by atoms with Crippen molar-refractivity contribution >= 4 is 23.3 Å². The average Bonchev–Trinajstić information content (AvgIpc) is 3.44.